The Morgan fingerprint density at radius 2 is 1.95 bits per heavy atom. The zero-order valence-corrected chi connectivity index (χ0v) is 14.1. The molecule has 2 N–H and O–H groups in total. The van der Waals surface area contributed by atoms with Gasteiger partial charge >= 0.3 is 0 Å². The van der Waals surface area contributed by atoms with Crippen LogP contribution in [0, 0.1) is 17.3 Å². The van der Waals surface area contributed by atoms with Crippen molar-refractivity contribution in [2.24, 2.45) is 17.3 Å². The van der Waals surface area contributed by atoms with Crippen LogP contribution in [0.15, 0.2) is 0 Å². The third-order valence-electron chi connectivity index (χ3n) is 5.38. The standard InChI is InChI=1S/C17H33N3O/c1-14(2)17(7-8-18-13-17)16(21)19-11-15(3)12-20-9-5-4-6-10-20/h14-15,18H,4-13H2,1-3H3,(H,19,21). The first kappa shape index (κ1) is 16.8. The zero-order valence-electron chi connectivity index (χ0n) is 14.1. The van der Waals surface area contributed by atoms with Crippen molar-refractivity contribution in [2.75, 3.05) is 39.3 Å². The molecule has 0 spiro atoms. The summed E-state index contributed by atoms with van der Waals surface area (Å²) in [5.74, 6) is 1.18. The van der Waals surface area contributed by atoms with Crippen molar-refractivity contribution in [1.29, 1.82) is 0 Å². The first-order valence-corrected chi connectivity index (χ1v) is 8.76. The Morgan fingerprint density at radius 1 is 1.24 bits per heavy atom. The fourth-order valence-electron chi connectivity index (χ4n) is 3.75. The molecule has 0 bridgehead atoms. The van der Waals surface area contributed by atoms with Crippen LogP contribution in [-0.2, 0) is 4.79 Å². The van der Waals surface area contributed by atoms with E-state index in [1.165, 1.54) is 32.4 Å². The molecule has 2 heterocycles. The normalized spacial score (nSPS) is 28.8. The van der Waals surface area contributed by atoms with E-state index in [4.69, 9.17) is 0 Å². The maximum absolute atomic E-state index is 12.6. The number of nitrogens with one attached hydrogen (secondary N) is 2. The Hall–Kier alpha value is -0.610. The van der Waals surface area contributed by atoms with Gasteiger partial charge in [0.15, 0.2) is 0 Å². The monoisotopic (exact) mass is 295 g/mol. The summed E-state index contributed by atoms with van der Waals surface area (Å²) >= 11 is 0. The van der Waals surface area contributed by atoms with Gasteiger partial charge < -0.3 is 15.5 Å². The summed E-state index contributed by atoms with van der Waals surface area (Å²) in [5.41, 5.74) is -0.190. The van der Waals surface area contributed by atoms with E-state index in [2.05, 4.69) is 36.3 Å². The van der Waals surface area contributed by atoms with E-state index in [0.717, 1.165) is 32.6 Å². The highest BCUT2D eigenvalue weighted by Crippen LogP contribution is 2.34. The van der Waals surface area contributed by atoms with Crippen molar-refractivity contribution in [1.82, 2.24) is 15.5 Å². The lowest BCUT2D eigenvalue weighted by molar-refractivity contribution is -0.132. The Balaban J connectivity index is 1.77. The van der Waals surface area contributed by atoms with Gasteiger partial charge in [-0.05, 0) is 50.7 Å². The van der Waals surface area contributed by atoms with Crippen LogP contribution in [0.3, 0.4) is 0 Å². The van der Waals surface area contributed by atoms with E-state index < -0.39 is 0 Å². The highest BCUT2D eigenvalue weighted by atomic mass is 16.2. The van der Waals surface area contributed by atoms with Crippen LogP contribution >= 0.6 is 0 Å². The van der Waals surface area contributed by atoms with Crippen LogP contribution in [0.2, 0.25) is 0 Å². The molecule has 21 heavy (non-hydrogen) atoms. The lowest BCUT2D eigenvalue weighted by Crippen LogP contribution is -2.48. The molecule has 2 fully saturated rings. The van der Waals surface area contributed by atoms with Gasteiger partial charge in [0.1, 0.15) is 0 Å². The number of likely N-dealkylation sites (tertiary alicyclic amines) is 1. The molecule has 122 valence electrons. The molecule has 2 aliphatic heterocycles. The molecule has 0 radical (unpaired) electrons. The van der Waals surface area contributed by atoms with Crippen molar-refractivity contribution in [3.63, 3.8) is 0 Å². The van der Waals surface area contributed by atoms with E-state index in [0.29, 0.717) is 11.8 Å². The highest BCUT2D eigenvalue weighted by Gasteiger charge is 2.43. The lowest BCUT2D eigenvalue weighted by atomic mass is 9.75. The van der Waals surface area contributed by atoms with Crippen LogP contribution < -0.4 is 10.6 Å². The lowest BCUT2D eigenvalue weighted by Gasteiger charge is -2.33. The summed E-state index contributed by atoms with van der Waals surface area (Å²) in [7, 11) is 0. The molecule has 2 atom stereocenters. The third-order valence-corrected chi connectivity index (χ3v) is 5.38. The van der Waals surface area contributed by atoms with Gasteiger partial charge in [-0.3, -0.25) is 4.79 Å². The molecule has 2 rings (SSSR count). The predicted octanol–water partition coefficient (Wildman–Crippen LogP) is 1.86. The zero-order chi connectivity index (χ0) is 15.3. The predicted molar refractivity (Wildman–Crippen MR) is 87.2 cm³/mol. The van der Waals surface area contributed by atoms with Gasteiger partial charge in [-0.1, -0.05) is 27.2 Å². The molecule has 0 aromatic rings. The molecule has 2 aliphatic rings. The number of amides is 1. The van der Waals surface area contributed by atoms with Crippen molar-refractivity contribution in [3.8, 4) is 0 Å². The number of carbonyl (C=O) groups is 1. The van der Waals surface area contributed by atoms with Crippen molar-refractivity contribution < 1.29 is 4.79 Å². The summed E-state index contributed by atoms with van der Waals surface area (Å²) in [6, 6.07) is 0. The van der Waals surface area contributed by atoms with Gasteiger partial charge in [0, 0.05) is 19.6 Å². The molecule has 2 saturated heterocycles. The molecular weight excluding hydrogens is 262 g/mol. The summed E-state index contributed by atoms with van der Waals surface area (Å²) in [6.45, 7) is 12.8. The maximum atomic E-state index is 12.6. The summed E-state index contributed by atoms with van der Waals surface area (Å²) in [4.78, 5) is 15.2. The van der Waals surface area contributed by atoms with Gasteiger partial charge in [0.2, 0.25) is 5.91 Å². The Bertz CT molecular complexity index is 331. The minimum absolute atomic E-state index is 0.190. The largest absolute Gasteiger partial charge is 0.355 e. The average molecular weight is 295 g/mol. The number of hydrogen-bond donors (Lipinski definition) is 2. The quantitative estimate of drug-likeness (QED) is 0.786. The van der Waals surface area contributed by atoms with Gasteiger partial charge in [-0.15, -0.1) is 0 Å². The molecule has 4 heteroatoms. The number of rotatable bonds is 6. The molecule has 2 unspecified atom stereocenters. The summed E-state index contributed by atoms with van der Waals surface area (Å²) in [5, 5.41) is 6.59. The SMILES string of the molecule is CC(CNC(=O)C1(C(C)C)CCNC1)CN1CCCCC1. The topological polar surface area (TPSA) is 44.4 Å². The smallest absolute Gasteiger partial charge is 0.227 e. The number of piperidine rings is 1. The van der Waals surface area contributed by atoms with Crippen molar-refractivity contribution in [3.05, 3.63) is 0 Å². The Morgan fingerprint density at radius 3 is 2.52 bits per heavy atom. The van der Waals surface area contributed by atoms with E-state index in [1.807, 2.05) is 0 Å². The first-order valence-electron chi connectivity index (χ1n) is 8.76. The second-order valence-electron chi connectivity index (χ2n) is 7.41. The number of carbonyl (C=O) groups excluding carboxylic acids is 1. The van der Waals surface area contributed by atoms with Gasteiger partial charge in [0.05, 0.1) is 5.41 Å². The Labute approximate surface area is 130 Å². The van der Waals surface area contributed by atoms with Gasteiger partial charge in [0.25, 0.3) is 0 Å². The van der Waals surface area contributed by atoms with Crippen molar-refractivity contribution in [2.45, 2.75) is 46.5 Å². The van der Waals surface area contributed by atoms with Gasteiger partial charge in [-0.25, -0.2) is 0 Å². The first-order chi connectivity index (χ1) is 10.0. The molecule has 0 aliphatic carbocycles. The van der Waals surface area contributed by atoms with E-state index >= 15 is 0 Å². The number of nitrogens with zero attached hydrogens (tertiary/aromatic N) is 1. The molecule has 0 aromatic carbocycles. The third kappa shape index (κ3) is 4.19. The van der Waals surface area contributed by atoms with Crippen LogP contribution in [0.5, 0.6) is 0 Å². The molecule has 0 saturated carbocycles. The van der Waals surface area contributed by atoms with Gasteiger partial charge in [-0.2, -0.15) is 0 Å². The van der Waals surface area contributed by atoms with Crippen LogP contribution in [0.4, 0.5) is 0 Å². The van der Waals surface area contributed by atoms with E-state index in [-0.39, 0.29) is 11.3 Å². The van der Waals surface area contributed by atoms with Crippen molar-refractivity contribution >= 4 is 5.91 Å². The summed E-state index contributed by atoms with van der Waals surface area (Å²) in [6.07, 6.45) is 5.02. The van der Waals surface area contributed by atoms with Crippen LogP contribution in [-0.4, -0.2) is 50.1 Å². The number of hydrogen-bond acceptors (Lipinski definition) is 3. The Kier molecular flexibility index (Phi) is 6.06. The minimum Gasteiger partial charge on any atom is -0.355 e. The maximum Gasteiger partial charge on any atom is 0.227 e. The molecule has 4 nitrogen and oxygen atoms in total. The molecular formula is C17H33N3O. The minimum atomic E-state index is -0.190. The van der Waals surface area contributed by atoms with Crippen LogP contribution in [0.25, 0.3) is 0 Å². The molecule has 0 aromatic heterocycles. The highest BCUT2D eigenvalue weighted by molar-refractivity contribution is 5.83. The molecule has 1 amide bonds. The van der Waals surface area contributed by atoms with Crippen LogP contribution in [0.1, 0.15) is 46.5 Å². The average Bonchev–Trinajstić information content (AvgIpc) is 2.97. The fraction of sp³-hybridized carbons (Fsp3) is 0.941. The second-order valence-corrected chi connectivity index (χ2v) is 7.41. The van der Waals surface area contributed by atoms with E-state index in [1.54, 1.807) is 0 Å². The summed E-state index contributed by atoms with van der Waals surface area (Å²) < 4.78 is 0. The van der Waals surface area contributed by atoms with E-state index in [9.17, 15) is 4.79 Å². The second kappa shape index (κ2) is 7.59. The fourth-order valence-corrected chi connectivity index (χ4v) is 3.75.